The van der Waals surface area contributed by atoms with Crippen molar-refractivity contribution in [3.63, 3.8) is 0 Å². The summed E-state index contributed by atoms with van der Waals surface area (Å²) >= 11 is 0. The minimum atomic E-state index is -0.961. The zero-order valence-electron chi connectivity index (χ0n) is 14.0. The van der Waals surface area contributed by atoms with Gasteiger partial charge in [0.25, 0.3) is 0 Å². The van der Waals surface area contributed by atoms with Crippen LogP contribution in [-0.2, 0) is 9.53 Å². The summed E-state index contributed by atoms with van der Waals surface area (Å²) < 4.78 is 10.7. The lowest BCUT2D eigenvalue weighted by Gasteiger charge is -2.41. The van der Waals surface area contributed by atoms with Crippen LogP contribution in [0.5, 0.6) is 0 Å². The van der Waals surface area contributed by atoms with Crippen molar-refractivity contribution in [2.75, 3.05) is 19.6 Å². The average molecular weight is 324 g/mol. The molecule has 23 heavy (non-hydrogen) atoms. The lowest BCUT2D eigenvalue weighted by atomic mass is 10.1. The van der Waals surface area contributed by atoms with Crippen LogP contribution in [0.1, 0.15) is 39.5 Å². The number of aliphatic carboxylic acids is 1. The van der Waals surface area contributed by atoms with E-state index in [4.69, 9.17) is 9.15 Å². The van der Waals surface area contributed by atoms with Crippen LogP contribution < -0.4 is 0 Å². The molecule has 7 nitrogen and oxygen atoms in total. The number of carboxylic acids is 1. The highest BCUT2D eigenvalue weighted by Crippen LogP contribution is 2.26. The summed E-state index contributed by atoms with van der Waals surface area (Å²) in [6.45, 7) is 8.22. The molecule has 0 spiro atoms. The van der Waals surface area contributed by atoms with Crippen molar-refractivity contribution in [3.8, 4) is 0 Å². The molecule has 2 rings (SSSR count). The van der Waals surface area contributed by atoms with Gasteiger partial charge in [-0.1, -0.05) is 0 Å². The normalized spacial score (nSPS) is 21.0. The van der Waals surface area contributed by atoms with Gasteiger partial charge in [-0.3, -0.25) is 9.69 Å². The van der Waals surface area contributed by atoms with Crippen molar-refractivity contribution in [1.82, 2.24) is 9.80 Å². The predicted octanol–water partition coefficient (Wildman–Crippen LogP) is 2.35. The Kier molecular flexibility index (Phi) is 4.99. The monoisotopic (exact) mass is 324 g/mol. The first-order chi connectivity index (χ1) is 10.7. The number of amides is 1. The maximum atomic E-state index is 12.2. The molecule has 0 aliphatic carbocycles. The molecule has 0 unspecified atom stereocenters. The Morgan fingerprint density at radius 2 is 2.09 bits per heavy atom. The third-order valence-corrected chi connectivity index (χ3v) is 3.81. The number of rotatable bonds is 3. The lowest BCUT2D eigenvalue weighted by Crippen LogP contribution is -2.58. The van der Waals surface area contributed by atoms with Crippen LogP contribution in [0.4, 0.5) is 4.79 Å². The average Bonchev–Trinajstić information content (AvgIpc) is 2.98. The number of hydrogen-bond donors (Lipinski definition) is 1. The fourth-order valence-corrected chi connectivity index (χ4v) is 2.67. The third kappa shape index (κ3) is 4.25. The molecular weight excluding hydrogens is 300 g/mol. The number of carboxylic acid groups (broad SMARTS) is 1. The van der Waals surface area contributed by atoms with E-state index in [-0.39, 0.29) is 12.6 Å². The van der Waals surface area contributed by atoms with E-state index < -0.39 is 23.7 Å². The van der Waals surface area contributed by atoms with Crippen molar-refractivity contribution in [2.45, 2.75) is 45.4 Å². The van der Waals surface area contributed by atoms with Gasteiger partial charge in [-0.05, 0) is 39.8 Å². The highest BCUT2D eigenvalue weighted by Gasteiger charge is 2.38. The molecule has 1 aliphatic heterocycles. The SMILES string of the molecule is C[C@@H](c1ccco1)N1CCN(C(=O)OC(C)(C)C)C[C@@H]1C(=O)O. The molecule has 128 valence electrons. The van der Waals surface area contributed by atoms with Crippen LogP contribution in [0.15, 0.2) is 22.8 Å². The van der Waals surface area contributed by atoms with E-state index >= 15 is 0 Å². The van der Waals surface area contributed by atoms with Gasteiger partial charge in [0.05, 0.1) is 18.8 Å². The van der Waals surface area contributed by atoms with Gasteiger partial charge in [-0.25, -0.2) is 4.79 Å². The van der Waals surface area contributed by atoms with Crippen molar-refractivity contribution in [2.24, 2.45) is 0 Å². The van der Waals surface area contributed by atoms with Gasteiger partial charge in [0.15, 0.2) is 0 Å². The summed E-state index contributed by atoms with van der Waals surface area (Å²) in [5, 5.41) is 9.54. The number of nitrogens with zero attached hydrogens (tertiary/aromatic N) is 2. The summed E-state index contributed by atoms with van der Waals surface area (Å²) in [7, 11) is 0. The van der Waals surface area contributed by atoms with Crippen molar-refractivity contribution < 1.29 is 23.8 Å². The van der Waals surface area contributed by atoms with Gasteiger partial charge in [0.2, 0.25) is 0 Å². The second-order valence-electron chi connectivity index (χ2n) is 6.71. The summed E-state index contributed by atoms with van der Waals surface area (Å²) in [6, 6.07) is 2.63. The van der Waals surface area contributed by atoms with Crippen LogP contribution in [0.2, 0.25) is 0 Å². The molecule has 0 saturated carbocycles. The number of hydrogen-bond acceptors (Lipinski definition) is 5. The molecule has 7 heteroatoms. The summed E-state index contributed by atoms with van der Waals surface area (Å²) in [6.07, 6.45) is 1.09. The Labute approximate surface area is 135 Å². The topological polar surface area (TPSA) is 83.2 Å². The standard InChI is InChI=1S/C16H24N2O5/c1-11(13-6-5-9-22-13)18-8-7-17(10-12(18)14(19)20)15(21)23-16(2,3)4/h5-6,9,11-12H,7-8,10H2,1-4H3,(H,19,20)/t11-,12+/m0/s1. The fraction of sp³-hybridized carbons (Fsp3) is 0.625. The molecule has 1 aromatic heterocycles. The summed E-state index contributed by atoms with van der Waals surface area (Å²) in [5.41, 5.74) is -0.603. The highest BCUT2D eigenvalue weighted by atomic mass is 16.6. The number of furan rings is 1. The van der Waals surface area contributed by atoms with Gasteiger partial charge in [-0.15, -0.1) is 0 Å². The second-order valence-corrected chi connectivity index (χ2v) is 6.71. The van der Waals surface area contributed by atoms with Crippen LogP contribution in [0, 0.1) is 0 Å². The number of piperazine rings is 1. The van der Waals surface area contributed by atoms with Crippen molar-refractivity contribution >= 4 is 12.1 Å². The molecule has 1 amide bonds. The van der Waals surface area contributed by atoms with E-state index in [1.807, 2.05) is 17.9 Å². The first kappa shape index (κ1) is 17.3. The summed E-state index contributed by atoms with van der Waals surface area (Å²) in [4.78, 5) is 27.1. The van der Waals surface area contributed by atoms with Crippen LogP contribution in [0.25, 0.3) is 0 Å². The third-order valence-electron chi connectivity index (χ3n) is 3.81. The van der Waals surface area contributed by atoms with E-state index in [1.54, 1.807) is 33.1 Å². The molecule has 1 N–H and O–H groups in total. The predicted molar refractivity (Wildman–Crippen MR) is 83.1 cm³/mol. The lowest BCUT2D eigenvalue weighted by molar-refractivity contribution is -0.147. The molecule has 1 aliphatic rings. The Morgan fingerprint density at radius 3 is 2.61 bits per heavy atom. The molecule has 1 fully saturated rings. The van der Waals surface area contributed by atoms with E-state index in [9.17, 15) is 14.7 Å². The van der Waals surface area contributed by atoms with E-state index in [0.29, 0.717) is 18.8 Å². The Hall–Kier alpha value is -2.02. The van der Waals surface area contributed by atoms with E-state index in [2.05, 4.69) is 0 Å². The van der Waals surface area contributed by atoms with Crippen molar-refractivity contribution in [3.05, 3.63) is 24.2 Å². The van der Waals surface area contributed by atoms with Crippen LogP contribution >= 0.6 is 0 Å². The fourth-order valence-electron chi connectivity index (χ4n) is 2.67. The summed E-state index contributed by atoms with van der Waals surface area (Å²) in [5.74, 6) is -0.251. The molecule has 0 radical (unpaired) electrons. The molecule has 2 heterocycles. The maximum Gasteiger partial charge on any atom is 0.410 e. The Morgan fingerprint density at radius 1 is 1.39 bits per heavy atom. The Balaban J connectivity index is 2.09. The van der Waals surface area contributed by atoms with Gasteiger partial charge < -0.3 is 19.2 Å². The number of carbonyl (C=O) groups excluding carboxylic acids is 1. The molecule has 0 aromatic carbocycles. The maximum absolute atomic E-state index is 12.2. The van der Waals surface area contributed by atoms with Gasteiger partial charge in [0, 0.05) is 13.1 Å². The van der Waals surface area contributed by atoms with Gasteiger partial charge >= 0.3 is 12.1 Å². The first-order valence-corrected chi connectivity index (χ1v) is 7.69. The largest absolute Gasteiger partial charge is 0.480 e. The first-order valence-electron chi connectivity index (χ1n) is 7.69. The minimum Gasteiger partial charge on any atom is -0.480 e. The zero-order chi connectivity index (χ0) is 17.2. The zero-order valence-corrected chi connectivity index (χ0v) is 14.0. The molecule has 1 saturated heterocycles. The number of carbonyl (C=O) groups is 2. The van der Waals surface area contributed by atoms with E-state index in [0.717, 1.165) is 0 Å². The molecule has 1 aromatic rings. The van der Waals surface area contributed by atoms with Crippen molar-refractivity contribution in [1.29, 1.82) is 0 Å². The quantitative estimate of drug-likeness (QED) is 0.919. The van der Waals surface area contributed by atoms with E-state index in [1.165, 1.54) is 4.90 Å². The van der Waals surface area contributed by atoms with Gasteiger partial charge in [-0.2, -0.15) is 0 Å². The smallest absolute Gasteiger partial charge is 0.410 e. The molecule has 0 bridgehead atoms. The second kappa shape index (κ2) is 6.62. The minimum absolute atomic E-state index is 0.0926. The van der Waals surface area contributed by atoms with Crippen LogP contribution in [0.3, 0.4) is 0 Å². The van der Waals surface area contributed by atoms with Gasteiger partial charge in [0.1, 0.15) is 17.4 Å². The highest BCUT2D eigenvalue weighted by molar-refractivity contribution is 5.76. The number of ether oxygens (including phenoxy) is 1. The molecule has 2 atom stereocenters. The molecular formula is C16H24N2O5. The van der Waals surface area contributed by atoms with Crippen LogP contribution in [-0.4, -0.2) is 58.2 Å². The Bertz CT molecular complexity index is 549.